The Hall–Kier alpha value is -1.14. The van der Waals surface area contributed by atoms with Gasteiger partial charge in [0.25, 0.3) is 5.91 Å². The lowest BCUT2D eigenvalue weighted by Gasteiger charge is -2.32. The summed E-state index contributed by atoms with van der Waals surface area (Å²) in [6, 6.07) is 0.744. The third kappa shape index (κ3) is 2.58. The Labute approximate surface area is 107 Å². The van der Waals surface area contributed by atoms with Crippen molar-refractivity contribution in [2.75, 3.05) is 18.1 Å². The maximum Gasteiger partial charge on any atom is 0.327 e. The van der Waals surface area contributed by atoms with Crippen LogP contribution in [0.3, 0.4) is 0 Å². The standard InChI is InChI=1S/C10H11ClN2O3S/c11-6-3-7(12-4-6)9(14)13-1-2-17-5-8(13)10(15)16/h3-4,8,12H,1-2,5H2,(H,15,16). The van der Waals surface area contributed by atoms with E-state index in [1.54, 1.807) is 11.8 Å². The number of hydrogen-bond acceptors (Lipinski definition) is 3. The molecule has 1 saturated heterocycles. The van der Waals surface area contributed by atoms with Crippen LogP contribution in [0.2, 0.25) is 5.02 Å². The number of aromatic amines is 1. The van der Waals surface area contributed by atoms with Crippen LogP contribution in [0.15, 0.2) is 12.3 Å². The average molecular weight is 275 g/mol. The first-order chi connectivity index (χ1) is 8.09. The number of aromatic nitrogens is 1. The predicted molar refractivity (Wildman–Crippen MR) is 65.6 cm³/mol. The highest BCUT2D eigenvalue weighted by atomic mass is 35.5. The van der Waals surface area contributed by atoms with Crippen LogP contribution in [0.1, 0.15) is 10.5 Å². The minimum absolute atomic E-state index is 0.315. The van der Waals surface area contributed by atoms with Gasteiger partial charge < -0.3 is 15.0 Å². The molecule has 0 aliphatic carbocycles. The minimum atomic E-state index is -0.969. The number of carbonyl (C=O) groups is 2. The molecule has 7 heteroatoms. The highest BCUT2D eigenvalue weighted by molar-refractivity contribution is 7.99. The smallest absolute Gasteiger partial charge is 0.327 e. The molecule has 2 rings (SSSR count). The van der Waals surface area contributed by atoms with E-state index < -0.39 is 12.0 Å². The number of H-pyrrole nitrogens is 1. The zero-order chi connectivity index (χ0) is 12.4. The van der Waals surface area contributed by atoms with Gasteiger partial charge in [0, 0.05) is 24.2 Å². The van der Waals surface area contributed by atoms with Gasteiger partial charge in [0.15, 0.2) is 0 Å². The number of carboxylic acid groups (broad SMARTS) is 1. The number of aliphatic carboxylic acids is 1. The molecule has 1 aromatic heterocycles. The fraction of sp³-hybridized carbons (Fsp3) is 0.400. The highest BCUT2D eigenvalue weighted by Gasteiger charge is 2.33. The molecular weight excluding hydrogens is 264 g/mol. The molecule has 1 unspecified atom stereocenters. The van der Waals surface area contributed by atoms with Gasteiger partial charge in [-0.05, 0) is 6.07 Å². The topological polar surface area (TPSA) is 73.4 Å². The fourth-order valence-corrected chi connectivity index (χ4v) is 2.90. The highest BCUT2D eigenvalue weighted by Crippen LogP contribution is 2.20. The monoisotopic (exact) mass is 274 g/mol. The van der Waals surface area contributed by atoms with Crippen molar-refractivity contribution in [1.82, 2.24) is 9.88 Å². The first kappa shape index (κ1) is 12.3. The lowest BCUT2D eigenvalue weighted by atomic mass is 10.2. The van der Waals surface area contributed by atoms with Gasteiger partial charge in [0.05, 0.1) is 5.02 Å². The Morgan fingerprint density at radius 3 is 2.94 bits per heavy atom. The zero-order valence-electron chi connectivity index (χ0n) is 8.85. The number of amides is 1. The Morgan fingerprint density at radius 2 is 2.35 bits per heavy atom. The maximum absolute atomic E-state index is 12.1. The van der Waals surface area contributed by atoms with Crippen LogP contribution in [0.25, 0.3) is 0 Å². The van der Waals surface area contributed by atoms with E-state index in [0.717, 1.165) is 5.75 Å². The van der Waals surface area contributed by atoms with Crippen LogP contribution < -0.4 is 0 Å². The molecule has 1 atom stereocenters. The summed E-state index contributed by atoms with van der Waals surface area (Å²) in [5.41, 5.74) is 0.327. The molecule has 1 amide bonds. The SMILES string of the molecule is O=C(O)C1CSCCN1C(=O)c1cc(Cl)c[nH]1. The normalized spacial score (nSPS) is 20.3. The van der Waals surface area contributed by atoms with Gasteiger partial charge in [-0.1, -0.05) is 11.6 Å². The molecule has 92 valence electrons. The summed E-state index contributed by atoms with van der Waals surface area (Å²) in [6.07, 6.45) is 1.50. The van der Waals surface area contributed by atoms with E-state index in [4.69, 9.17) is 16.7 Å². The largest absolute Gasteiger partial charge is 0.480 e. The summed E-state index contributed by atoms with van der Waals surface area (Å²) in [6.45, 7) is 0.442. The number of nitrogens with one attached hydrogen (secondary N) is 1. The molecule has 0 aromatic carbocycles. The number of carbonyl (C=O) groups excluding carboxylic acids is 1. The Bertz CT molecular complexity index is 449. The number of rotatable bonds is 2. The summed E-state index contributed by atoms with van der Waals surface area (Å²) in [4.78, 5) is 27.3. The second-order valence-corrected chi connectivity index (χ2v) is 5.25. The van der Waals surface area contributed by atoms with Gasteiger partial charge in [-0.25, -0.2) is 4.79 Å². The third-order valence-electron chi connectivity index (χ3n) is 2.55. The van der Waals surface area contributed by atoms with Crippen molar-refractivity contribution in [1.29, 1.82) is 0 Å². The fourth-order valence-electron chi connectivity index (χ4n) is 1.70. The van der Waals surface area contributed by atoms with E-state index in [2.05, 4.69) is 4.98 Å². The van der Waals surface area contributed by atoms with Crippen LogP contribution in [-0.2, 0) is 4.79 Å². The second kappa shape index (κ2) is 5.01. The summed E-state index contributed by atoms with van der Waals surface area (Å²) >= 11 is 7.26. The molecule has 0 radical (unpaired) electrons. The Kier molecular flexibility index (Phi) is 3.63. The Balaban J connectivity index is 2.19. The lowest BCUT2D eigenvalue weighted by Crippen LogP contribution is -2.50. The van der Waals surface area contributed by atoms with Crippen LogP contribution >= 0.6 is 23.4 Å². The zero-order valence-corrected chi connectivity index (χ0v) is 10.4. The van der Waals surface area contributed by atoms with Crippen molar-refractivity contribution in [3.8, 4) is 0 Å². The molecule has 2 heterocycles. The van der Waals surface area contributed by atoms with E-state index in [-0.39, 0.29) is 5.91 Å². The third-order valence-corrected chi connectivity index (χ3v) is 3.79. The molecule has 2 N–H and O–H groups in total. The summed E-state index contributed by atoms with van der Waals surface area (Å²) in [5.74, 6) is -0.104. The van der Waals surface area contributed by atoms with Crippen molar-refractivity contribution < 1.29 is 14.7 Å². The van der Waals surface area contributed by atoms with Crippen molar-refractivity contribution in [2.45, 2.75) is 6.04 Å². The quantitative estimate of drug-likeness (QED) is 0.853. The lowest BCUT2D eigenvalue weighted by molar-refractivity contribution is -0.141. The average Bonchev–Trinajstić information content (AvgIpc) is 2.75. The van der Waals surface area contributed by atoms with Crippen molar-refractivity contribution in [3.63, 3.8) is 0 Å². The first-order valence-corrected chi connectivity index (χ1v) is 6.58. The van der Waals surface area contributed by atoms with Gasteiger partial charge in [-0.3, -0.25) is 4.79 Å². The van der Waals surface area contributed by atoms with Crippen LogP contribution in [0.5, 0.6) is 0 Å². The molecule has 0 spiro atoms. The molecule has 1 aromatic rings. The van der Waals surface area contributed by atoms with Gasteiger partial charge in [0.1, 0.15) is 11.7 Å². The first-order valence-electron chi connectivity index (χ1n) is 5.05. The molecule has 17 heavy (non-hydrogen) atoms. The van der Waals surface area contributed by atoms with Gasteiger partial charge in [-0.2, -0.15) is 11.8 Å². The van der Waals surface area contributed by atoms with Crippen molar-refractivity contribution >= 4 is 35.2 Å². The summed E-state index contributed by atoms with van der Waals surface area (Å²) in [5, 5.41) is 9.50. The van der Waals surface area contributed by atoms with E-state index in [0.29, 0.717) is 23.0 Å². The van der Waals surface area contributed by atoms with E-state index >= 15 is 0 Å². The minimum Gasteiger partial charge on any atom is -0.480 e. The van der Waals surface area contributed by atoms with Crippen LogP contribution in [0.4, 0.5) is 0 Å². The number of halogens is 1. The molecule has 1 aliphatic heterocycles. The molecular formula is C10H11ClN2O3S. The van der Waals surface area contributed by atoms with E-state index in [9.17, 15) is 9.59 Å². The molecule has 5 nitrogen and oxygen atoms in total. The number of carboxylic acids is 1. The van der Waals surface area contributed by atoms with E-state index in [1.165, 1.54) is 17.2 Å². The molecule has 0 bridgehead atoms. The van der Waals surface area contributed by atoms with Crippen LogP contribution in [-0.4, -0.2) is 51.0 Å². The molecule has 0 saturated carbocycles. The summed E-state index contributed by atoms with van der Waals surface area (Å²) < 4.78 is 0. The predicted octanol–water partition coefficient (Wildman–Crippen LogP) is 1.31. The maximum atomic E-state index is 12.1. The van der Waals surface area contributed by atoms with Gasteiger partial charge in [-0.15, -0.1) is 0 Å². The van der Waals surface area contributed by atoms with Gasteiger partial charge in [0.2, 0.25) is 0 Å². The number of nitrogens with zero attached hydrogens (tertiary/aromatic N) is 1. The van der Waals surface area contributed by atoms with Crippen LogP contribution in [0, 0.1) is 0 Å². The van der Waals surface area contributed by atoms with Crippen molar-refractivity contribution in [2.24, 2.45) is 0 Å². The van der Waals surface area contributed by atoms with E-state index in [1.807, 2.05) is 0 Å². The Morgan fingerprint density at radius 1 is 1.59 bits per heavy atom. The van der Waals surface area contributed by atoms with Gasteiger partial charge >= 0.3 is 5.97 Å². The second-order valence-electron chi connectivity index (χ2n) is 3.66. The molecule has 1 aliphatic rings. The number of hydrogen-bond donors (Lipinski definition) is 2. The summed E-state index contributed by atoms with van der Waals surface area (Å²) in [7, 11) is 0. The molecule has 1 fully saturated rings. The van der Waals surface area contributed by atoms with Crippen molar-refractivity contribution in [3.05, 3.63) is 23.0 Å². The number of thioether (sulfide) groups is 1.